The van der Waals surface area contributed by atoms with Gasteiger partial charge in [0.2, 0.25) is 0 Å². The molecule has 0 unspecified atom stereocenters. The van der Waals surface area contributed by atoms with Gasteiger partial charge in [0, 0.05) is 0 Å². The molecule has 2 aromatic rings. The molecule has 0 radical (unpaired) electrons. The molecule has 0 heterocycles. The number of hydrogen-bond donors (Lipinski definition) is 0. The van der Waals surface area contributed by atoms with Gasteiger partial charge in [0.25, 0.3) is 0 Å². The minimum atomic E-state index is -4.15. The highest BCUT2D eigenvalue weighted by atomic mass is 19.4. The van der Waals surface area contributed by atoms with Crippen molar-refractivity contribution in [3.8, 4) is 0 Å². The third-order valence-electron chi connectivity index (χ3n) is 2.65. The van der Waals surface area contributed by atoms with Crippen LogP contribution in [-0.2, 0) is 6.42 Å². The highest BCUT2D eigenvalue weighted by molar-refractivity contribution is 5.69. The zero-order valence-corrected chi connectivity index (χ0v) is 10.2. The van der Waals surface area contributed by atoms with Crippen LogP contribution < -0.4 is 0 Å². The summed E-state index contributed by atoms with van der Waals surface area (Å²) in [6.45, 7) is 0. The molecule has 0 amide bonds. The fraction of sp³-hybridized carbons (Fsp3) is 0.125. The third-order valence-corrected chi connectivity index (χ3v) is 2.65. The van der Waals surface area contributed by atoms with Crippen LogP contribution in [0.5, 0.6) is 0 Å². The molecule has 0 N–H and O–H groups in total. The average molecular weight is 262 g/mol. The summed E-state index contributed by atoms with van der Waals surface area (Å²) in [6, 6.07) is 16.2. The van der Waals surface area contributed by atoms with Gasteiger partial charge in [-0.05, 0) is 16.7 Å². The number of alkyl halides is 3. The van der Waals surface area contributed by atoms with Crippen LogP contribution in [-0.4, -0.2) is 6.18 Å². The molecular formula is C16H13F3. The summed E-state index contributed by atoms with van der Waals surface area (Å²) in [7, 11) is 0. The Balaban J connectivity index is 2.05. The van der Waals surface area contributed by atoms with Gasteiger partial charge in [-0.3, -0.25) is 0 Å². The van der Waals surface area contributed by atoms with E-state index in [4.69, 9.17) is 0 Å². The van der Waals surface area contributed by atoms with Gasteiger partial charge >= 0.3 is 6.18 Å². The van der Waals surface area contributed by atoms with Crippen LogP contribution in [0.25, 0.3) is 12.2 Å². The molecule has 0 spiro atoms. The zero-order valence-electron chi connectivity index (χ0n) is 10.2. The van der Waals surface area contributed by atoms with Gasteiger partial charge in [0.1, 0.15) is 0 Å². The summed E-state index contributed by atoms with van der Waals surface area (Å²) in [5.74, 6) is 0. The van der Waals surface area contributed by atoms with E-state index in [0.29, 0.717) is 0 Å². The molecule has 0 fully saturated rings. The first kappa shape index (κ1) is 13.4. The summed E-state index contributed by atoms with van der Waals surface area (Å²) >= 11 is 0. The lowest BCUT2D eigenvalue weighted by Crippen LogP contribution is -2.11. The molecule has 19 heavy (non-hydrogen) atoms. The highest BCUT2D eigenvalue weighted by Gasteiger charge is 2.27. The lowest BCUT2D eigenvalue weighted by atomic mass is 10.1. The van der Waals surface area contributed by atoms with Crippen LogP contribution in [0.3, 0.4) is 0 Å². The summed E-state index contributed by atoms with van der Waals surface area (Å²) in [6.07, 6.45) is -1.22. The Morgan fingerprint density at radius 3 is 1.79 bits per heavy atom. The quantitative estimate of drug-likeness (QED) is 0.686. The lowest BCUT2D eigenvalue weighted by Gasteiger charge is -2.06. The first-order valence-electron chi connectivity index (χ1n) is 5.92. The van der Waals surface area contributed by atoms with E-state index in [1.165, 1.54) is 12.1 Å². The normalized spacial score (nSPS) is 11.9. The Labute approximate surface area is 110 Å². The predicted octanol–water partition coefficient (Wildman–Crippen LogP) is 4.96. The molecule has 0 aliphatic carbocycles. The second kappa shape index (κ2) is 5.74. The first-order chi connectivity index (χ1) is 9.03. The zero-order chi connectivity index (χ0) is 13.7. The second-order valence-electron chi connectivity index (χ2n) is 4.28. The van der Waals surface area contributed by atoms with Crippen molar-refractivity contribution in [2.75, 3.05) is 0 Å². The van der Waals surface area contributed by atoms with E-state index in [9.17, 15) is 13.2 Å². The van der Waals surface area contributed by atoms with Crippen molar-refractivity contribution in [1.82, 2.24) is 0 Å². The SMILES string of the molecule is FC(F)(F)Cc1ccc(/C=C/c2ccccc2)cc1. The summed E-state index contributed by atoms with van der Waals surface area (Å²) in [4.78, 5) is 0. The smallest absolute Gasteiger partial charge is 0.171 e. The van der Waals surface area contributed by atoms with Crippen molar-refractivity contribution in [1.29, 1.82) is 0 Å². The van der Waals surface area contributed by atoms with E-state index in [2.05, 4.69) is 0 Å². The highest BCUT2D eigenvalue weighted by Crippen LogP contribution is 2.21. The minimum Gasteiger partial charge on any atom is -0.171 e. The van der Waals surface area contributed by atoms with Gasteiger partial charge in [-0.1, -0.05) is 66.7 Å². The molecule has 3 heteroatoms. The average Bonchev–Trinajstić information content (AvgIpc) is 2.37. The molecule has 0 aliphatic heterocycles. The topological polar surface area (TPSA) is 0 Å². The second-order valence-corrected chi connectivity index (χ2v) is 4.28. The van der Waals surface area contributed by atoms with E-state index >= 15 is 0 Å². The number of rotatable bonds is 3. The van der Waals surface area contributed by atoms with Crippen LogP contribution in [0.1, 0.15) is 16.7 Å². The maximum absolute atomic E-state index is 12.2. The molecule has 0 saturated heterocycles. The number of benzene rings is 2. The molecule has 0 saturated carbocycles. The lowest BCUT2D eigenvalue weighted by molar-refractivity contribution is -0.127. The van der Waals surface area contributed by atoms with Crippen molar-refractivity contribution in [2.45, 2.75) is 12.6 Å². The first-order valence-corrected chi connectivity index (χ1v) is 5.92. The summed E-state index contributed by atoms with van der Waals surface area (Å²) in [5, 5.41) is 0. The van der Waals surface area contributed by atoms with Crippen molar-refractivity contribution in [2.24, 2.45) is 0 Å². The van der Waals surface area contributed by atoms with Crippen LogP contribution in [0, 0.1) is 0 Å². The fourth-order valence-corrected chi connectivity index (χ4v) is 1.73. The predicted molar refractivity (Wildman–Crippen MR) is 71.6 cm³/mol. The van der Waals surface area contributed by atoms with E-state index in [1.807, 2.05) is 42.5 Å². The number of halogens is 3. The van der Waals surface area contributed by atoms with E-state index in [1.54, 1.807) is 12.1 Å². The van der Waals surface area contributed by atoms with Crippen molar-refractivity contribution in [3.05, 3.63) is 71.3 Å². The Hall–Kier alpha value is -2.03. The van der Waals surface area contributed by atoms with E-state index in [-0.39, 0.29) is 5.56 Å². The maximum atomic E-state index is 12.2. The Morgan fingerprint density at radius 2 is 1.26 bits per heavy atom. The molecule has 0 aromatic heterocycles. The molecule has 0 aliphatic rings. The largest absolute Gasteiger partial charge is 0.393 e. The molecule has 98 valence electrons. The van der Waals surface area contributed by atoms with Gasteiger partial charge in [-0.25, -0.2) is 0 Å². The molecular weight excluding hydrogens is 249 g/mol. The molecule has 0 atom stereocenters. The van der Waals surface area contributed by atoms with Crippen LogP contribution in [0.15, 0.2) is 54.6 Å². The number of hydrogen-bond acceptors (Lipinski definition) is 0. The molecule has 0 bridgehead atoms. The summed E-state index contributed by atoms with van der Waals surface area (Å²) in [5.41, 5.74) is 2.22. The molecule has 2 rings (SSSR count). The maximum Gasteiger partial charge on any atom is 0.393 e. The summed E-state index contributed by atoms with van der Waals surface area (Å²) < 4.78 is 36.6. The van der Waals surface area contributed by atoms with E-state index < -0.39 is 12.6 Å². The van der Waals surface area contributed by atoms with Crippen molar-refractivity contribution in [3.63, 3.8) is 0 Å². The van der Waals surface area contributed by atoms with Crippen molar-refractivity contribution >= 4 is 12.2 Å². The Kier molecular flexibility index (Phi) is 4.05. The van der Waals surface area contributed by atoms with Gasteiger partial charge in [-0.2, -0.15) is 13.2 Å². The molecule has 2 aromatic carbocycles. The van der Waals surface area contributed by atoms with Crippen molar-refractivity contribution < 1.29 is 13.2 Å². The van der Waals surface area contributed by atoms with Gasteiger partial charge in [0.15, 0.2) is 0 Å². The van der Waals surface area contributed by atoms with Gasteiger partial charge < -0.3 is 0 Å². The minimum absolute atomic E-state index is 0.282. The van der Waals surface area contributed by atoms with E-state index in [0.717, 1.165) is 11.1 Å². The monoisotopic (exact) mass is 262 g/mol. The molecule has 0 nitrogen and oxygen atoms in total. The fourth-order valence-electron chi connectivity index (χ4n) is 1.73. The Bertz CT molecular complexity index is 536. The Morgan fingerprint density at radius 1 is 0.737 bits per heavy atom. The van der Waals surface area contributed by atoms with Gasteiger partial charge in [0.05, 0.1) is 6.42 Å². The van der Waals surface area contributed by atoms with Crippen LogP contribution in [0.4, 0.5) is 13.2 Å². The third kappa shape index (κ3) is 4.62. The van der Waals surface area contributed by atoms with Gasteiger partial charge in [-0.15, -0.1) is 0 Å². The standard InChI is InChI=1S/C16H13F3/c17-16(18,19)12-15-10-8-14(9-11-15)7-6-13-4-2-1-3-5-13/h1-11H,12H2/b7-6+. The van der Waals surface area contributed by atoms with Crippen LogP contribution in [0.2, 0.25) is 0 Å². The van der Waals surface area contributed by atoms with Crippen LogP contribution >= 0.6 is 0 Å².